The van der Waals surface area contributed by atoms with Crippen LogP contribution in [0.3, 0.4) is 0 Å². The van der Waals surface area contributed by atoms with Gasteiger partial charge in [0.15, 0.2) is 25.0 Å². The molecule has 0 bridgehead atoms. The smallest absolute Gasteiger partial charge is 0.306 e. The number of carbonyl (C=O) groups is 2. The molecule has 558 valence electrons. The van der Waals surface area contributed by atoms with Gasteiger partial charge in [0, 0.05) is 20.1 Å². The molecule has 1 N–H and O–H groups in total. The third kappa shape index (κ3) is 24.6. The van der Waals surface area contributed by atoms with Crippen LogP contribution in [0.25, 0.3) is 0 Å². The molecular weight excluding hydrogens is 1330 g/mol. The molecule has 11 rings (SSSR count). The highest BCUT2D eigenvalue weighted by Gasteiger charge is 2.57. The monoisotopic (exact) mass is 1430 g/mol. The average molecular weight is 1430 g/mol. The Kier molecular flexibility index (Phi) is 32.1. The van der Waals surface area contributed by atoms with Gasteiger partial charge >= 0.3 is 5.97 Å². The van der Waals surface area contributed by atoms with E-state index < -0.39 is 98.1 Å². The largest absolute Gasteiger partial charge is 0.457 e. The molecule has 105 heavy (non-hydrogen) atoms. The van der Waals surface area contributed by atoms with Crippen LogP contribution in [0.15, 0.2) is 243 Å². The lowest BCUT2D eigenvalue weighted by molar-refractivity contribution is -0.393. The van der Waals surface area contributed by atoms with E-state index in [1.807, 2.05) is 243 Å². The molecule has 0 spiro atoms. The Morgan fingerprint density at radius 3 is 1.00 bits per heavy atom. The van der Waals surface area contributed by atoms with Crippen LogP contribution in [0.5, 0.6) is 0 Å². The first-order chi connectivity index (χ1) is 51.7. The second-order valence-corrected chi connectivity index (χ2v) is 26.8. The minimum atomic E-state index is -1.31. The second-order valence-electron chi connectivity index (χ2n) is 26.8. The van der Waals surface area contributed by atoms with Crippen LogP contribution in [-0.4, -0.2) is 131 Å². The molecule has 3 aliphatic heterocycles. The van der Waals surface area contributed by atoms with Crippen LogP contribution in [0, 0.1) is 0 Å². The van der Waals surface area contributed by atoms with Gasteiger partial charge in [-0.1, -0.05) is 282 Å². The summed E-state index contributed by atoms with van der Waals surface area (Å²) in [6.07, 6.45) is -9.51. The van der Waals surface area contributed by atoms with E-state index in [4.69, 9.17) is 71.1 Å². The number of ether oxygens (including phenoxy) is 15. The summed E-state index contributed by atoms with van der Waals surface area (Å²) in [5.74, 6) is -0.922. The summed E-state index contributed by atoms with van der Waals surface area (Å²) in [6.45, 7) is 5.62. The lowest BCUT2D eigenvalue weighted by Gasteiger charge is -2.51. The van der Waals surface area contributed by atoms with Crippen LogP contribution in [0.1, 0.15) is 110 Å². The summed E-state index contributed by atoms with van der Waals surface area (Å²) in [6, 6.07) is 79.2. The Bertz CT molecular complexity index is 3670. The third-order valence-corrected chi connectivity index (χ3v) is 18.9. The van der Waals surface area contributed by atoms with E-state index in [9.17, 15) is 9.59 Å². The van der Waals surface area contributed by atoms with Crippen molar-refractivity contribution in [1.82, 2.24) is 5.32 Å². The Morgan fingerprint density at radius 2 is 0.638 bits per heavy atom. The highest BCUT2D eigenvalue weighted by molar-refractivity contribution is 5.81. The zero-order valence-electron chi connectivity index (χ0n) is 60.6. The van der Waals surface area contributed by atoms with Gasteiger partial charge in [0.1, 0.15) is 61.0 Å². The highest BCUT2D eigenvalue weighted by atomic mass is 16.8. The molecule has 8 aromatic rings. The van der Waals surface area contributed by atoms with Gasteiger partial charge in [-0.05, 0) is 57.9 Å². The number of hydrogen-bond acceptors (Lipinski definition) is 17. The normalized spacial score (nSPS) is 24.6. The molecule has 8 aromatic carbocycles. The van der Waals surface area contributed by atoms with Crippen LogP contribution in [0.4, 0.5) is 0 Å². The van der Waals surface area contributed by atoms with E-state index in [-0.39, 0.29) is 84.8 Å². The van der Waals surface area contributed by atoms with E-state index in [1.54, 1.807) is 6.92 Å². The number of amides is 1. The maximum atomic E-state index is 14.0. The van der Waals surface area contributed by atoms with Crippen molar-refractivity contribution in [1.29, 1.82) is 0 Å². The maximum absolute atomic E-state index is 14.0. The van der Waals surface area contributed by atoms with E-state index >= 15 is 0 Å². The molecule has 1 amide bonds. The number of esters is 1. The van der Waals surface area contributed by atoms with Gasteiger partial charge in [-0.2, -0.15) is 0 Å². The zero-order valence-corrected chi connectivity index (χ0v) is 60.6. The molecule has 0 saturated carbocycles. The second kappa shape index (κ2) is 43.1. The molecule has 8 unspecified atom stereocenters. The van der Waals surface area contributed by atoms with Crippen molar-refractivity contribution >= 4 is 11.9 Å². The number of nitrogens with one attached hydrogen (secondary N) is 1. The predicted molar refractivity (Wildman–Crippen MR) is 396 cm³/mol. The fourth-order valence-corrected chi connectivity index (χ4v) is 13.2. The number of hydrogen-bond donors (Lipinski definition) is 1. The third-order valence-electron chi connectivity index (χ3n) is 18.9. The van der Waals surface area contributed by atoms with Crippen molar-refractivity contribution in [3.05, 3.63) is 287 Å². The topological polar surface area (TPSA) is 185 Å². The van der Waals surface area contributed by atoms with Gasteiger partial charge in [0.05, 0.1) is 78.6 Å². The average Bonchev–Trinajstić information content (AvgIpc) is 0.766. The predicted octanol–water partition coefficient (Wildman–Crippen LogP) is 14.7. The van der Waals surface area contributed by atoms with Crippen molar-refractivity contribution in [2.45, 2.75) is 210 Å². The fourth-order valence-electron chi connectivity index (χ4n) is 13.2. The zero-order chi connectivity index (χ0) is 72.5. The van der Waals surface area contributed by atoms with Crippen molar-refractivity contribution in [3.63, 3.8) is 0 Å². The minimum Gasteiger partial charge on any atom is -0.457 e. The molecule has 18 nitrogen and oxygen atoms in total. The van der Waals surface area contributed by atoms with Gasteiger partial charge < -0.3 is 76.4 Å². The van der Waals surface area contributed by atoms with Gasteiger partial charge in [0.2, 0.25) is 5.91 Å². The molecule has 0 radical (unpaired) electrons. The summed E-state index contributed by atoms with van der Waals surface area (Å²) in [7, 11) is 1.53. The van der Waals surface area contributed by atoms with E-state index in [2.05, 4.69) is 12.2 Å². The Labute approximate surface area is 619 Å². The highest BCUT2D eigenvalue weighted by Crippen LogP contribution is 2.40. The van der Waals surface area contributed by atoms with Gasteiger partial charge in [-0.3, -0.25) is 9.59 Å². The van der Waals surface area contributed by atoms with Crippen LogP contribution in [-0.2, 0) is 133 Å². The van der Waals surface area contributed by atoms with Crippen molar-refractivity contribution in [2.24, 2.45) is 0 Å². The van der Waals surface area contributed by atoms with E-state index in [0.29, 0.717) is 6.61 Å². The fraction of sp³-hybridized carbons (Fsp3) is 0.425. The van der Waals surface area contributed by atoms with Crippen molar-refractivity contribution < 1.29 is 80.6 Å². The summed E-state index contributed by atoms with van der Waals surface area (Å²) < 4.78 is 108. The molecule has 0 aromatic heterocycles. The first-order valence-corrected chi connectivity index (χ1v) is 37.2. The molecule has 3 saturated heterocycles. The van der Waals surface area contributed by atoms with Gasteiger partial charge in [-0.25, -0.2) is 0 Å². The quantitative estimate of drug-likeness (QED) is 0.0281. The first kappa shape index (κ1) is 78.2. The SMILES string of the molecule is CCCCCCCCOC1OC(COCc2ccccc2)[C@@H](O[C@@H]2O[C@@H](COCc3ccccc3)[C@H](OC3OC(C)[C@@H](OC(=O)CCC(=O)NC)[C@H](OCc4ccccc4)C3OCc3ccccc3)C(OCc3ccccc3)C2OCc2ccccc2)[C@@H](OCc2ccccc2)C1OCc1ccccc1. The van der Waals surface area contributed by atoms with Crippen molar-refractivity contribution in [2.75, 3.05) is 26.9 Å². The Balaban J connectivity index is 1.03. The van der Waals surface area contributed by atoms with Crippen molar-refractivity contribution in [3.8, 4) is 0 Å². The van der Waals surface area contributed by atoms with Gasteiger partial charge in [0.25, 0.3) is 0 Å². The van der Waals surface area contributed by atoms with Gasteiger partial charge in [-0.15, -0.1) is 0 Å². The summed E-state index contributed by atoms with van der Waals surface area (Å²) in [5.41, 5.74) is 7.24. The minimum absolute atomic E-state index is 0.0397. The molecule has 3 heterocycles. The van der Waals surface area contributed by atoms with Crippen LogP contribution in [0.2, 0.25) is 0 Å². The molecule has 15 atom stereocenters. The van der Waals surface area contributed by atoms with Crippen LogP contribution >= 0.6 is 0 Å². The Morgan fingerprint density at radius 1 is 0.333 bits per heavy atom. The lowest BCUT2D eigenvalue weighted by atomic mass is 9.95. The number of unbranched alkanes of at least 4 members (excludes halogenated alkanes) is 5. The lowest BCUT2D eigenvalue weighted by Crippen LogP contribution is -2.68. The Hall–Kier alpha value is -7.86. The number of rotatable bonds is 42. The molecule has 0 aliphatic carbocycles. The number of benzene rings is 8. The van der Waals surface area contributed by atoms with E-state index in [1.165, 1.54) is 13.5 Å². The van der Waals surface area contributed by atoms with Crippen LogP contribution < -0.4 is 5.32 Å². The number of carbonyl (C=O) groups excluding carboxylic acids is 2. The molecular formula is C87H103NO17. The molecule has 18 heteroatoms. The summed E-state index contributed by atoms with van der Waals surface area (Å²) in [4.78, 5) is 26.6. The summed E-state index contributed by atoms with van der Waals surface area (Å²) >= 11 is 0. The molecule has 3 fully saturated rings. The standard InChI is InChI=1S/C87H103NO17/c1-4-5-6-7-8-33-52-93-85-82(97-58-69-44-27-14-28-45-69)80(95-56-67-40-23-12-24-41-67)77(72(101-85)61-91-53-64-34-17-9-18-35-64)105-87-84(99-60-71-48-31-16-32-49-71)81(96-57-68-42-25-13-26-43-68)78(73(102-87)62-92-54-65-36-19-10-20-37-65)104-86-83(98-59-70-46-29-15-30-47-70)79(94-55-66-38-21-11-22-39-66)76(63(2)100-86)103-75(90)51-50-74(89)88-3/h9-32,34-49,63,72-73,76-87H,4-8,33,50-62H2,1-3H3,(H,88,89)/t63?,72?,73-,76+,77+,78-,79-,80+,81?,82?,83?,84?,85?,86?,87-/m0/s1. The molecule has 3 aliphatic rings. The van der Waals surface area contributed by atoms with E-state index in [0.717, 1.165) is 76.6 Å². The maximum Gasteiger partial charge on any atom is 0.306 e. The summed E-state index contributed by atoms with van der Waals surface area (Å²) in [5, 5.41) is 2.60. The first-order valence-electron chi connectivity index (χ1n) is 37.2.